The van der Waals surface area contributed by atoms with Crippen LogP contribution in [0, 0.1) is 5.92 Å². The van der Waals surface area contributed by atoms with Crippen LogP contribution in [0.15, 0.2) is 18.2 Å². The minimum absolute atomic E-state index is 0.0194. The zero-order chi connectivity index (χ0) is 16.5. The van der Waals surface area contributed by atoms with Gasteiger partial charge in [-0.05, 0) is 37.2 Å². The van der Waals surface area contributed by atoms with Crippen LogP contribution in [-0.4, -0.2) is 19.0 Å². The summed E-state index contributed by atoms with van der Waals surface area (Å²) in [6.07, 6.45) is -9.82. The lowest BCUT2D eigenvalue weighted by atomic mass is 9.99. The fraction of sp³-hybridized carbons (Fsp3) is 0.462. The maximum atomic E-state index is 12.7. The van der Waals surface area contributed by atoms with Gasteiger partial charge in [0, 0.05) is 12.1 Å². The second-order valence-electron chi connectivity index (χ2n) is 5.07. The van der Waals surface area contributed by atoms with Crippen molar-refractivity contribution in [3.05, 3.63) is 29.3 Å². The molecule has 0 bridgehead atoms. The van der Waals surface area contributed by atoms with E-state index in [2.05, 4.69) is 10.6 Å². The van der Waals surface area contributed by atoms with Crippen molar-refractivity contribution >= 4 is 11.6 Å². The number of hydrogen-bond donors (Lipinski definition) is 2. The molecule has 1 saturated heterocycles. The predicted molar refractivity (Wildman–Crippen MR) is 66.1 cm³/mol. The molecule has 122 valence electrons. The van der Waals surface area contributed by atoms with Crippen molar-refractivity contribution in [3.8, 4) is 0 Å². The van der Waals surface area contributed by atoms with Crippen LogP contribution in [0.3, 0.4) is 0 Å². The van der Waals surface area contributed by atoms with E-state index in [9.17, 15) is 31.1 Å². The van der Waals surface area contributed by atoms with E-state index in [1.165, 1.54) is 0 Å². The van der Waals surface area contributed by atoms with Gasteiger partial charge in [-0.2, -0.15) is 26.3 Å². The number of amides is 1. The number of halogens is 6. The molecule has 0 radical (unpaired) electrons. The highest BCUT2D eigenvalue weighted by Gasteiger charge is 2.37. The molecule has 22 heavy (non-hydrogen) atoms. The normalized spacial score (nSPS) is 16.3. The number of carbonyl (C=O) groups excluding carboxylic acids is 1. The van der Waals surface area contributed by atoms with Gasteiger partial charge in [0.15, 0.2) is 0 Å². The van der Waals surface area contributed by atoms with E-state index in [4.69, 9.17) is 0 Å². The van der Waals surface area contributed by atoms with Gasteiger partial charge in [0.25, 0.3) is 0 Å². The van der Waals surface area contributed by atoms with Crippen LogP contribution in [0.4, 0.5) is 32.0 Å². The van der Waals surface area contributed by atoms with Crippen LogP contribution >= 0.6 is 0 Å². The average molecular weight is 326 g/mol. The van der Waals surface area contributed by atoms with Crippen molar-refractivity contribution < 1.29 is 31.1 Å². The molecule has 0 atom stereocenters. The largest absolute Gasteiger partial charge is 0.416 e. The number of nitrogens with one attached hydrogen (secondary N) is 2. The molecule has 1 aromatic rings. The Labute approximate surface area is 121 Å². The van der Waals surface area contributed by atoms with Crippen LogP contribution in [0.2, 0.25) is 0 Å². The van der Waals surface area contributed by atoms with Gasteiger partial charge in [0.1, 0.15) is 0 Å². The minimum Gasteiger partial charge on any atom is -0.326 e. The summed E-state index contributed by atoms with van der Waals surface area (Å²) in [5.41, 5.74) is -3.43. The van der Waals surface area contributed by atoms with Gasteiger partial charge in [-0.1, -0.05) is 0 Å². The van der Waals surface area contributed by atoms with Crippen LogP contribution in [-0.2, 0) is 17.1 Å². The zero-order valence-corrected chi connectivity index (χ0v) is 11.1. The molecule has 1 fully saturated rings. The van der Waals surface area contributed by atoms with Crippen LogP contribution < -0.4 is 10.6 Å². The first-order chi connectivity index (χ1) is 10.1. The summed E-state index contributed by atoms with van der Waals surface area (Å²) in [6.45, 7) is 1.20. The molecule has 1 aliphatic rings. The third kappa shape index (κ3) is 4.12. The summed E-state index contributed by atoms with van der Waals surface area (Å²) in [6, 6.07) is 1.00. The first kappa shape index (κ1) is 16.6. The van der Waals surface area contributed by atoms with Crippen molar-refractivity contribution in [2.75, 3.05) is 18.4 Å². The maximum absolute atomic E-state index is 12.7. The summed E-state index contributed by atoms with van der Waals surface area (Å²) in [5, 5.41) is 5.01. The van der Waals surface area contributed by atoms with E-state index in [1.807, 2.05) is 0 Å². The van der Waals surface area contributed by atoms with Gasteiger partial charge in [0.2, 0.25) is 5.91 Å². The van der Waals surface area contributed by atoms with Crippen molar-refractivity contribution in [2.45, 2.75) is 18.8 Å². The third-order valence-electron chi connectivity index (χ3n) is 3.21. The molecule has 1 heterocycles. The maximum Gasteiger partial charge on any atom is 0.416 e. The van der Waals surface area contributed by atoms with Crippen LogP contribution in [0.5, 0.6) is 0 Å². The Morgan fingerprint density at radius 1 is 1.05 bits per heavy atom. The number of alkyl halides is 6. The Hall–Kier alpha value is -1.77. The molecule has 9 heteroatoms. The van der Waals surface area contributed by atoms with Crippen LogP contribution in [0.1, 0.15) is 17.5 Å². The highest BCUT2D eigenvalue weighted by atomic mass is 19.4. The molecule has 1 aromatic carbocycles. The van der Waals surface area contributed by atoms with Crippen molar-refractivity contribution in [1.82, 2.24) is 5.32 Å². The van der Waals surface area contributed by atoms with Gasteiger partial charge in [-0.3, -0.25) is 4.79 Å². The zero-order valence-electron chi connectivity index (χ0n) is 11.1. The van der Waals surface area contributed by atoms with Crippen molar-refractivity contribution in [1.29, 1.82) is 0 Å². The Balaban J connectivity index is 2.23. The van der Waals surface area contributed by atoms with Gasteiger partial charge in [-0.15, -0.1) is 0 Å². The summed E-state index contributed by atoms with van der Waals surface area (Å²) in [5.74, 6) is -0.563. The molecule has 2 N–H and O–H groups in total. The second-order valence-corrected chi connectivity index (χ2v) is 5.07. The van der Waals surface area contributed by atoms with Gasteiger partial charge in [0.05, 0.1) is 11.1 Å². The van der Waals surface area contributed by atoms with E-state index in [1.54, 1.807) is 0 Å². The highest BCUT2D eigenvalue weighted by molar-refractivity contribution is 5.91. The smallest absolute Gasteiger partial charge is 0.326 e. The van der Waals surface area contributed by atoms with E-state index in [-0.39, 0.29) is 18.4 Å². The number of carbonyl (C=O) groups is 1. The van der Waals surface area contributed by atoms with E-state index < -0.39 is 35.1 Å². The summed E-state index contributed by atoms with van der Waals surface area (Å²) in [7, 11) is 0. The number of anilines is 1. The lowest BCUT2D eigenvalue weighted by molar-refractivity contribution is -0.143. The Morgan fingerprint density at radius 2 is 1.55 bits per heavy atom. The molecule has 1 aliphatic heterocycles. The molecule has 3 nitrogen and oxygen atoms in total. The highest BCUT2D eigenvalue weighted by Crippen LogP contribution is 2.37. The van der Waals surface area contributed by atoms with E-state index >= 15 is 0 Å². The molecular formula is C13H12F6N2O. The standard InChI is InChI=1S/C13H12F6N2O/c14-12(15,16)8-2-9(13(17,18)19)4-10(3-8)21-11(22)1-7-5-20-6-7/h2-4,7,20H,1,5-6H2,(H,21,22). The predicted octanol–water partition coefficient (Wildman–Crippen LogP) is 3.27. The Kier molecular flexibility index (Phi) is 4.37. The van der Waals surface area contributed by atoms with Crippen LogP contribution in [0.25, 0.3) is 0 Å². The molecular weight excluding hydrogens is 314 g/mol. The molecule has 2 rings (SSSR count). The lowest BCUT2D eigenvalue weighted by Crippen LogP contribution is -2.43. The van der Waals surface area contributed by atoms with Gasteiger partial charge >= 0.3 is 12.4 Å². The fourth-order valence-corrected chi connectivity index (χ4v) is 1.99. The number of rotatable bonds is 3. The second kappa shape index (κ2) is 5.79. The Morgan fingerprint density at radius 3 is 1.91 bits per heavy atom. The van der Waals surface area contributed by atoms with Gasteiger partial charge < -0.3 is 10.6 Å². The summed E-state index contributed by atoms with van der Waals surface area (Å²) < 4.78 is 76.0. The van der Waals surface area contributed by atoms with E-state index in [0.29, 0.717) is 25.2 Å². The molecule has 1 amide bonds. The molecule has 0 unspecified atom stereocenters. The number of benzene rings is 1. The summed E-state index contributed by atoms with van der Waals surface area (Å²) >= 11 is 0. The average Bonchev–Trinajstić information content (AvgIpc) is 2.31. The third-order valence-corrected chi connectivity index (χ3v) is 3.21. The number of hydrogen-bond acceptors (Lipinski definition) is 2. The SMILES string of the molecule is O=C(CC1CNC1)Nc1cc(C(F)(F)F)cc(C(F)(F)F)c1. The lowest BCUT2D eigenvalue weighted by Gasteiger charge is -2.26. The topological polar surface area (TPSA) is 41.1 Å². The monoisotopic (exact) mass is 326 g/mol. The molecule has 0 saturated carbocycles. The summed E-state index contributed by atoms with van der Waals surface area (Å²) in [4.78, 5) is 11.6. The van der Waals surface area contributed by atoms with Crippen molar-refractivity contribution in [2.24, 2.45) is 5.92 Å². The molecule has 0 aromatic heterocycles. The first-order valence-electron chi connectivity index (χ1n) is 6.36. The van der Waals surface area contributed by atoms with Crippen molar-refractivity contribution in [3.63, 3.8) is 0 Å². The Bertz CT molecular complexity index is 530. The minimum atomic E-state index is -4.93. The molecule has 0 aliphatic carbocycles. The molecule has 0 spiro atoms. The first-order valence-corrected chi connectivity index (χ1v) is 6.36. The van der Waals surface area contributed by atoms with Gasteiger partial charge in [-0.25, -0.2) is 0 Å². The quantitative estimate of drug-likeness (QED) is 0.837. The fourth-order valence-electron chi connectivity index (χ4n) is 1.99. The van der Waals surface area contributed by atoms with E-state index in [0.717, 1.165) is 0 Å².